The summed E-state index contributed by atoms with van der Waals surface area (Å²) in [5.74, 6) is 1.28. The van der Waals surface area contributed by atoms with Crippen LogP contribution >= 0.6 is 0 Å². The second-order valence-corrected chi connectivity index (χ2v) is 3.31. The number of rotatable bonds is 2. The van der Waals surface area contributed by atoms with Crippen molar-refractivity contribution in [2.24, 2.45) is 5.92 Å². The highest BCUT2D eigenvalue weighted by atomic mass is 15.2. The third kappa shape index (κ3) is 1.73. The van der Waals surface area contributed by atoms with E-state index in [2.05, 4.69) is 24.0 Å². The zero-order valence-electron chi connectivity index (χ0n) is 7.31. The predicted molar refractivity (Wildman–Crippen MR) is 46.3 cm³/mol. The van der Waals surface area contributed by atoms with Crippen LogP contribution in [0.25, 0.3) is 0 Å². The van der Waals surface area contributed by atoms with Gasteiger partial charge >= 0.3 is 0 Å². The normalized spacial score (nSPS) is 10.9. The molecule has 0 aliphatic heterocycles. The maximum absolute atomic E-state index is 5.65. The van der Waals surface area contributed by atoms with Crippen LogP contribution in [0.1, 0.15) is 25.1 Å². The Balaban J connectivity index is 2.83. The highest BCUT2D eigenvalue weighted by molar-refractivity contribution is 5.41. The van der Waals surface area contributed by atoms with Crippen LogP contribution in [0.5, 0.6) is 0 Å². The van der Waals surface area contributed by atoms with Crippen molar-refractivity contribution in [3.05, 3.63) is 11.3 Å². The summed E-state index contributed by atoms with van der Waals surface area (Å²) in [6.45, 7) is 6.35. The van der Waals surface area contributed by atoms with Crippen LogP contribution in [0.15, 0.2) is 0 Å². The summed E-state index contributed by atoms with van der Waals surface area (Å²) in [4.78, 5) is 0. The topological polar surface area (TPSA) is 54.7 Å². The first kappa shape index (κ1) is 8.11. The van der Waals surface area contributed by atoms with Crippen molar-refractivity contribution < 1.29 is 0 Å². The molecule has 62 valence electrons. The van der Waals surface area contributed by atoms with Gasteiger partial charge in [0.25, 0.3) is 0 Å². The lowest BCUT2D eigenvalue weighted by molar-refractivity contribution is 0.646. The van der Waals surface area contributed by atoms with Crippen molar-refractivity contribution in [1.29, 1.82) is 0 Å². The molecule has 0 saturated carbocycles. The van der Waals surface area contributed by atoms with Gasteiger partial charge in [0.05, 0.1) is 0 Å². The van der Waals surface area contributed by atoms with Crippen LogP contribution < -0.4 is 5.73 Å². The van der Waals surface area contributed by atoms with Crippen molar-refractivity contribution in [2.45, 2.75) is 27.2 Å². The smallest absolute Gasteiger partial charge is 0.148 e. The van der Waals surface area contributed by atoms with E-state index < -0.39 is 0 Å². The molecule has 1 heterocycles. The number of anilines is 1. The number of aromatic nitrogens is 2. The molecule has 0 spiro atoms. The van der Waals surface area contributed by atoms with Crippen LogP contribution in [0.3, 0.4) is 0 Å². The minimum Gasteiger partial charge on any atom is -0.382 e. The van der Waals surface area contributed by atoms with E-state index >= 15 is 0 Å². The fourth-order valence-corrected chi connectivity index (χ4v) is 1.14. The Kier molecular flexibility index (Phi) is 2.17. The second kappa shape index (κ2) is 2.95. The number of hydrogen-bond acceptors (Lipinski definition) is 2. The fraction of sp³-hybridized carbons (Fsp3) is 0.625. The van der Waals surface area contributed by atoms with E-state index in [9.17, 15) is 0 Å². The Morgan fingerprint density at radius 2 is 2.18 bits per heavy atom. The monoisotopic (exact) mass is 153 g/mol. The van der Waals surface area contributed by atoms with Crippen LogP contribution in [0, 0.1) is 12.8 Å². The third-order valence-electron chi connectivity index (χ3n) is 1.72. The van der Waals surface area contributed by atoms with E-state index in [1.807, 2.05) is 6.92 Å². The van der Waals surface area contributed by atoms with Crippen LogP contribution in [-0.4, -0.2) is 10.2 Å². The molecule has 0 aliphatic carbocycles. The molecule has 3 nitrogen and oxygen atoms in total. The minimum atomic E-state index is 0.633. The maximum atomic E-state index is 5.65. The van der Waals surface area contributed by atoms with E-state index in [1.165, 1.54) is 5.56 Å². The zero-order chi connectivity index (χ0) is 8.43. The van der Waals surface area contributed by atoms with E-state index in [-0.39, 0.29) is 0 Å². The molecule has 1 aromatic rings. The first-order valence-corrected chi connectivity index (χ1v) is 3.90. The van der Waals surface area contributed by atoms with Crippen molar-refractivity contribution >= 4 is 5.82 Å². The molecule has 0 aliphatic rings. The largest absolute Gasteiger partial charge is 0.382 e. The minimum absolute atomic E-state index is 0.633. The predicted octanol–water partition coefficient (Wildman–Crippen LogP) is 1.50. The highest BCUT2D eigenvalue weighted by Crippen LogP contribution is 2.16. The Morgan fingerprint density at radius 3 is 2.55 bits per heavy atom. The number of hydrogen-bond donors (Lipinski definition) is 2. The molecule has 0 radical (unpaired) electrons. The lowest BCUT2D eigenvalue weighted by Gasteiger charge is -2.03. The Hall–Kier alpha value is -0.990. The molecule has 0 saturated heterocycles. The lowest BCUT2D eigenvalue weighted by Crippen LogP contribution is -1.98. The molecule has 0 atom stereocenters. The Morgan fingerprint density at radius 1 is 1.55 bits per heavy atom. The number of aromatic amines is 1. The first-order valence-electron chi connectivity index (χ1n) is 3.90. The summed E-state index contributed by atoms with van der Waals surface area (Å²) < 4.78 is 0. The van der Waals surface area contributed by atoms with Crippen molar-refractivity contribution in [3.63, 3.8) is 0 Å². The standard InChI is InChI=1S/C8H15N3/c1-5(2)4-7-6(3)10-11-8(7)9/h5H,4H2,1-3H3,(H3,9,10,11). The van der Waals surface area contributed by atoms with Crippen molar-refractivity contribution in [3.8, 4) is 0 Å². The number of aryl methyl sites for hydroxylation is 1. The van der Waals surface area contributed by atoms with Gasteiger partial charge in [0.2, 0.25) is 0 Å². The molecule has 0 aromatic carbocycles. The van der Waals surface area contributed by atoms with Gasteiger partial charge < -0.3 is 5.73 Å². The van der Waals surface area contributed by atoms with Gasteiger partial charge in [-0.3, -0.25) is 5.10 Å². The summed E-state index contributed by atoms with van der Waals surface area (Å²) in [7, 11) is 0. The number of nitrogens with two attached hydrogens (primary N) is 1. The van der Waals surface area contributed by atoms with Gasteiger partial charge in [-0.15, -0.1) is 0 Å². The van der Waals surface area contributed by atoms with Gasteiger partial charge in [0.1, 0.15) is 5.82 Å². The second-order valence-electron chi connectivity index (χ2n) is 3.31. The molecule has 3 heteroatoms. The van der Waals surface area contributed by atoms with Crippen molar-refractivity contribution in [2.75, 3.05) is 5.73 Å². The van der Waals surface area contributed by atoms with Crippen LogP contribution in [0.2, 0.25) is 0 Å². The summed E-state index contributed by atoms with van der Waals surface area (Å²) in [5.41, 5.74) is 7.91. The molecule has 3 N–H and O–H groups in total. The molecule has 11 heavy (non-hydrogen) atoms. The van der Waals surface area contributed by atoms with Gasteiger partial charge in [0, 0.05) is 11.3 Å². The van der Waals surface area contributed by atoms with Gasteiger partial charge in [0.15, 0.2) is 0 Å². The lowest BCUT2D eigenvalue weighted by atomic mass is 10.0. The molecule has 1 aromatic heterocycles. The van der Waals surface area contributed by atoms with Crippen LogP contribution in [-0.2, 0) is 6.42 Å². The summed E-state index contributed by atoms with van der Waals surface area (Å²) >= 11 is 0. The molecule has 0 unspecified atom stereocenters. The van der Waals surface area contributed by atoms with E-state index in [0.29, 0.717) is 11.7 Å². The molecular formula is C8H15N3. The average molecular weight is 153 g/mol. The molecule has 1 rings (SSSR count). The van der Waals surface area contributed by atoms with Crippen molar-refractivity contribution in [1.82, 2.24) is 10.2 Å². The van der Waals surface area contributed by atoms with E-state index in [1.54, 1.807) is 0 Å². The van der Waals surface area contributed by atoms with E-state index in [4.69, 9.17) is 5.73 Å². The number of H-pyrrole nitrogens is 1. The summed E-state index contributed by atoms with van der Waals surface area (Å²) in [5, 5.41) is 6.79. The summed E-state index contributed by atoms with van der Waals surface area (Å²) in [6, 6.07) is 0. The fourth-order valence-electron chi connectivity index (χ4n) is 1.14. The van der Waals surface area contributed by atoms with Crippen LogP contribution in [0.4, 0.5) is 5.82 Å². The molecule has 0 amide bonds. The maximum Gasteiger partial charge on any atom is 0.148 e. The average Bonchev–Trinajstić information content (AvgIpc) is 2.18. The Bertz CT molecular complexity index is 218. The Labute approximate surface area is 67.0 Å². The highest BCUT2D eigenvalue weighted by Gasteiger charge is 2.07. The zero-order valence-corrected chi connectivity index (χ0v) is 7.31. The van der Waals surface area contributed by atoms with Gasteiger partial charge in [-0.25, -0.2) is 0 Å². The van der Waals surface area contributed by atoms with E-state index in [0.717, 1.165) is 12.1 Å². The van der Waals surface area contributed by atoms with Gasteiger partial charge in [-0.1, -0.05) is 13.8 Å². The molecular weight excluding hydrogens is 138 g/mol. The van der Waals surface area contributed by atoms with Gasteiger partial charge in [-0.05, 0) is 19.3 Å². The van der Waals surface area contributed by atoms with Gasteiger partial charge in [-0.2, -0.15) is 5.10 Å². The molecule has 0 fully saturated rings. The molecule has 0 bridgehead atoms. The third-order valence-corrected chi connectivity index (χ3v) is 1.72. The number of nitrogens with zero attached hydrogens (tertiary/aromatic N) is 1. The SMILES string of the molecule is Cc1[nH]nc(N)c1CC(C)C. The first-order chi connectivity index (χ1) is 5.11. The quantitative estimate of drug-likeness (QED) is 0.676. The number of nitrogen functional groups attached to an aromatic ring is 1. The number of nitrogens with one attached hydrogen (secondary N) is 1. The summed E-state index contributed by atoms with van der Waals surface area (Å²) in [6.07, 6.45) is 1.01.